The maximum Gasteiger partial charge on any atom is 0.425 e. The number of esters is 1. The third kappa shape index (κ3) is 5.33. The van der Waals surface area contributed by atoms with Crippen LogP contribution in [0.15, 0.2) is 47.4 Å². The van der Waals surface area contributed by atoms with Crippen molar-refractivity contribution in [3.8, 4) is 5.75 Å². The number of carbonyl (C=O) groups excluding carboxylic acids is 2. The van der Waals surface area contributed by atoms with E-state index < -0.39 is 44.8 Å². The lowest BCUT2D eigenvalue weighted by Crippen LogP contribution is -2.46. The van der Waals surface area contributed by atoms with E-state index in [-0.39, 0.29) is 34.5 Å². The Labute approximate surface area is 227 Å². The van der Waals surface area contributed by atoms with E-state index in [0.29, 0.717) is 23.4 Å². The summed E-state index contributed by atoms with van der Waals surface area (Å²) in [5.74, 6) is -1.39. The number of amides is 1. The van der Waals surface area contributed by atoms with Crippen molar-refractivity contribution in [1.29, 1.82) is 0 Å². The topological polar surface area (TPSA) is 90.0 Å². The van der Waals surface area contributed by atoms with Gasteiger partial charge in [-0.05, 0) is 56.0 Å². The predicted molar refractivity (Wildman–Crippen MR) is 133 cm³/mol. The van der Waals surface area contributed by atoms with Crippen LogP contribution in [-0.2, 0) is 29.6 Å². The van der Waals surface area contributed by atoms with Crippen molar-refractivity contribution >= 4 is 44.9 Å². The van der Waals surface area contributed by atoms with Crippen molar-refractivity contribution in [2.24, 2.45) is 0 Å². The number of likely N-dealkylation sites (tertiary alicyclic amines) is 1. The maximum absolute atomic E-state index is 13.7. The van der Waals surface area contributed by atoms with Crippen molar-refractivity contribution in [3.05, 3.63) is 58.1 Å². The molecule has 3 atom stereocenters. The molecule has 1 amide bonds. The van der Waals surface area contributed by atoms with Crippen LogP contribution in [-0.4, -0.2) is 62.4 Å². The first-order chi connectivity index (χ1) is 17.7. The van der Waals surface area contributed by atoms with Crippen LogP contribution >= 0.6 is 23.2 Å². The molecule has 1 saturated heterocycles. The lowest BCUT2D eigenvalue weighted by Gasteiger charge is -2.27. The molecule has 206 valence electrons. The second-order valence-electron chi connectivity index (χ2n) is 9.38. The minimum Gasteiger partial charge on any atom is -0.481 e. The Hall–Kier alpha value is -2.50. The molecule has 0 bridgehead atoms. The van der Waals surface area contributed by atoms with Gasteiger partial charge >= 0.3 is 12.1 Å². The molecule has 0 radical (unpaired) electrons. The fourth-order valence-electron chi connectivity index (χ4n) is 4.64. The Balaban J connectivity index is 1.60. The van der Waals surface area contributed by atoms with Gasteiger partial charge in [-0.15, -0.1) is 0 Å². The molecule has 1 aliphatic carbocycles. The molecule has 0 N–H and O–H groups in total. The minimum atomic E-state index is -4.62. The normalized spacial score (nSPS) is 21.6. The minimum absolute atomic E-state index is 0.225. The zero-order valence-corrected chi connectivity index (χ0v) is 22.6. The highest BCUT2D eigenvalue weighted by Crippen LogP contribution is 2.51. The van der Waals surface area contributed by atoms with Gasteiger partial charge in [0, 0.05) is 17.6 Å². The van der Waals surface area contributed by atoms with Gasteiger partial charge < -0.3 is 14.4 Å². The molecule has 0 spiro atoms. The van der Waals surface area contributed by atoms with Crippen molar-refractivity contribution in [2.75, 3.05) is 13.7 Å². The van der Waals surface area contributed by atoms with E-state index in [1.54, 1.807) is 24.3 Å². The van der Waals surface area contributed by atoms with E-state index in [0.717, 1.165) is 32.2 Å². The molecule has 2 aromatic carbocycles. The Morgan fingerprint density at radius 3 is 2.26 bits per heavy atom. The third-order valence-corrected chi connectivity index (χ3v) is 9.84. The lowest BCUT2D eigenvalue weighted by atomic mass is 9.94. The molecule has 1 saturated carbocycles. The smallest absolute Gasteiger partial charge is 0.425 e. The van der Waals surface area contributed by atoms with Gasteiger partial charge in [0.25, 0.3) is 0 Å². The van der Waals surface area contributed by atoms with Gasteiger partial charge in [0.2, 0.25) is 5.91 Å². The summed E-state index contributed by atoms with van der Waals surface area (Å²) in [5, 5.41) is -1.04. The van der Waals surface area contributed by atoms with E-state index in [2.05, 4.69) is 0 Å². The third-order valence-electron chi connectivity index (χ3n) is 6.98. The van der Waals surface area contributed by atoms with E-state index in [1.165, 1.54) is 4.90 Å². The molecule has 2 aromatic rings. The molecule has 0 aromatic heterocycles. The van der Waals surface area contributed by atoms with Gasteiger partial charge in [0.1, 0.15) is 11.8 Å². The number of hydrogen-bond donors (Lipinski definition) is 0. The first kappa shape index (κ1) is 28.5. The number of hydrogen-bond acceptors (Lipinski definition) is 6. The SMILES string of the molecule is COC(=O)[C@@H]1C[C@@H](S(=O)(=O)c2ccc(OC(C)C(F)(F)F)cc2Cl)CN1C(=O)C1(c2ccc(Cl)cc2)CC1. The lowest BCUT2D eigenvalue weighted by molar-refractivity contribution is -0.189. The van der Waals surface area contributed by atoms with Gasteiger partial charge in [-0.25, -0.2) is 13.2 Å². The number of ether oxygens (including phenoxy) is 2. The van der Waals surface area contributed by atoms with Crippen molar-refractivity contribution in [1.82, 2.24) is 4.90 Å². The molecule has 2 fully saturated rings. The summed E-state index contributed by atoms with van der Waals surface area (Å²) in [4.78, 5) is 27.2. The number of benzene rings is 2. The monoisotopic (exact) mass is 593 g/mol. The largest absolute Gasteiger partial charge is 0.481 e. The van der Waals surface area contributed by atoms with E-state index >= 15 is 0 Å². The second kappa shape index (κ2) is 10.2. The number of alkyl halides is 3. The standard InChI is InChI=1S/C25H24Cl2F3NO6S/c1-14(25(28,29)30)37-17-7-8-21(19(27)11-17)38(34,35)18-12-20(22(32)36-2)31(13-18)23(33)24(9-10-24)15-3-5-16(26)6-4-15/h3-8,11,14,18,20H,9-10,12-13H2,1-2H3/t14?,18-,20+/m1/s1. The molecule has 38 heavy (non-hydrogen) atoms. The second-order valence-corrected chi connectivity index (χ2v) is 12.4. The highest BCUT2D eigenvalue weighted by Gasteiger charge is 2.57. The van der Waals surface area contributed by atoms with E-state index in [9.17, 15) is 31.2 Å². The Morgan fingerprint density at radius 1 is 1.11 bits per heavy atom. The van der Waals surface area contributed by atoms with Crippen LogP contribution in [0.5, 0.6) is 5.75 Å². The van der Waals surface area contributed by atoms with Crippen LogP contribution < -0.4 is 4.74 Å². The molecule has 7 nitrogen and oxygen atoms in total. The zero-order valence-electron chi connectivity index (χ0n) is 20.3. The first-order valence-corrected chi connectivity index (χ1v) is 13.9. The fraction of sp³-hybridized carbons (Fsp3) is 0.440. The van der Waals surface area contributed by atoms with E-state index in [1.807, 2.05) is 0 Å². The molecule has 4 rings (SSSR count). The Kier molecular flexibility index (Phi) is 7.68. The average Bonchev–Trinajstić information content (AvgIpc) is 3.53. The van der Waals surface area contributed by atoms with Crippen LogP contribution in [0.3, 0.4) is 0 Å². The van der Waals surface area contributed by atoms with Gasteiger partial charge in [0.05, 0.1) is 27.7 Å². The van der Waals surface area contributed by atoms with Crippen LogP contribution in [0.4, 0.5) is 13.2 Å². The van der Waals surface area contributed by atoms with Gasteiger partial charge in [-0.3, -0.25) is 4.79 Å². The molecular weight excluding hydrogens is 570 g/mol. The summed E-state index contributed by atoms with van der Waals surface area (Å²) < 4.78 is 75.2. The van der Waals surface area contributed by atoms with Crippen LogP contribution in [0, 0.1) is 0 Å². The highest BCUT2D eigenvalue weighted by molar-refractivity contribution is 7.92. The quantitative estimate of drug-likeness (QED) is 0.421. The number of methoxy groups -OCH3 is 1. The predicted octanol–water partition coefficient (Wildman–Crippen LogP) is 4.97. The summed E-state index contributed by atoms with van der Waals surface area (Å²) in [6.45, 7) is 0.530. The van der Waals surface area contributed by atoms with Crippen molar-refractivity contribution in [3.63, 3.8) is 0 Å². The number of carbonyl (C=O) groups is 2. The summed E-state index contributed by atoms with van der Waals surface area (Å²) in [6.07, 6.45) is -5.92. The number of nitrogens with zero attached hydrogens (tertiary/aromatic N) is 1. The molecule has 1 aliphatic heterocycles. The Morgan fingerprint density at radius 2 is 1.74 bits per heavy atom. The molecule has 1 heterocycles. The summed E-state index contributed by atoms with van der Waals surface area (Å²) in [7, 11) is -3.06. The molecule has 2 aliphatic rings. The van der Waals surface area contributed by atoms with Gasteiger partial charge in [-0.1, -0.05) is 35.3 Å². The molecule has 1 unspecified atom stereocenters. The average molecular weight is 594 g/mol. The molecular formula is C25H24Cl2F3NO6S. The molecule has 13 heteroatoms. The number of halogens is 5. The Bertz CT molecular complexity index is 1350. The summed E-state index contributed by atoms with van der Waals surface area (Å²) in [5.41, 5.74) is -0.171. The fourth-order valence-corrected chi connectivity index (χ4v) is 7.00. The van der Waals surface area contributed by atoms with Crippen LogP contribution in [0.1, 0.15) is 31.7 Å². The first-order valence-electron chi connectivity index (χ1n) is 11.6. The summed E-state index contributed by atoms with van der Waals surface area (Å²) in [6, 6.07) is 8.77. The van der Waals surface area contributed by atoms with E-state index in [4.69, 9.17) is 32.7 Å². The summed E-state index contributed by atoms with van der Waals surface area (Å²) >= 11 is 12.1. The number of sulfone groups is 1. The van der Waals surface area contributed by atoms with Crippen LogP contribution in [0.2, 0.25) is 10.0 Å². The van der Waals surface area contributed by atoms with Crippen molar-refractivity contribution in [2.45, 2.75) is 60.1 Å². The van der Waals surface area contributed by atoms with Crippen molar-refractivity contribution < 1.29 is 40.7 Å². The van der Waals surface area contributed by atoms with Gasteiger partial charge in [-0.2, -0.15) is 13.2 Å². The maximum atomic E-state index is 13.7. The van der Waals surface area contributed by atoms with Crippen LogP contribution in [0.25, 0.3) is 0 Å². The number of rotatable bonds is 7. The highest BCUT2D eigenvalue weighted by atomic mass is 35.5. The zero-order chi connectivity index (χ0) is 28.0. The van der Waals surface area contributed by atoms with Gasteiger partial charge in [0.15, 0.2) is 15.9 Å².